The molecule has 0 aliphatic carbocycles. The lowest BCUT2D eigenvalue weighted by molar-refractivity contribution is -0.459. The molecule has 0 bridgehead atoms. The highest BCUT2D eigenvalue weighted by atomic mass is 15.1. The number of nitrogens with two attached hydrogens (primary N) is 2. The van der Waals surface area contributed by atoms with Gasteiger partial charge in [-0.3, -0.25) is 16.5 Å². The van der Waals surface area contributed by atoms with E-state index in [0.717, 1.165) is 13.0 Å². The van der Waals surface area contributed by atoms with Crippen LogP contribution in [0.2, 0.25) is 0 Å². The third-order valence-electron chi connectivity index (χ3n) is 2.18. The molecule has 0 amide bonds. The number of likely N-dealkylation sites (tertiary alicyclic amines) is 1. The Bertz CT molecular complexity index is 145. The molecule has 1 aliphatic rings. The van der Waals surface area contributed by atoms with Crippen LogP contribution in [0.15, 0.2) is 0 Å². The number of hydrogen-bond donors (Lipinski definition) is 3. The minimum Gasteiger partial charge on any atom is -0.303 e. The maximum atomic E-state index is 5.26. The Labute approximate surface area is 73.6 Å². The molecule has 0 aromatic heterocycles. The average molecular weight is 171 g/mol. The van der Waals surface area contributed by atoms with Crippen LogP contribution < -0.4 is 16.5 Å². The molecule has 0 spiro atoms. The molecule has 5 N–H and O–H groups in total. The summed E-state index contributed by atoms with van der Waals surface area (Å²) in [5, 5.41) is 0. The molecule has 70 valence electrons. The summed E-state index contributed by atoms with van der Waals surface area (Å²) < 4.78 is 0. The third kappa shape index (κ3) is 3.57. The average Bonchev–Trinajstić information content (AvgIpc) is 2.49. The molecular weight excluding hydrogens is 152 g/mol. The number of guanidine groups is 1. The summed E-state index contributed by atoms with van der Waals surface area (Å²) in [6.45, 7) is 4.59. The molecule has 4 heteroatoms. The summed E-state index contributed by atoms with van der Waals surface area (Å²) in [5.74, 6) is 0.330. The van der Waals surface area contributed by atoms with Gasteiger partial charge in [-0.2, -0.15) is 0 Å². The molecule has 0 atom stereocenters. The van der Waals surface area contributed by atoms with Crippen LogP contribution in [0, 0.1) is 0 Å². The fourth-order valence-electron chi connectivity index (χ4n) is 1.54. The minimum atomic E-state index is 0.330. The van der Waals surface area contributed by atoms with E-state index in [1.807, 2.05) is 0 Å². The molecule has 1 heterocycles. The van der Waals surface area contributed by atoms with E-state index in [2.05, 4.69) is 9.89 Å². The quantitative estimate of drug-likeness (QED) is 0.256. The largest absolute Gasteiger partial charge is 0.338 e. The smallest absolute Gasteiger partial charge is 0.303 e. The molecular formula is C8H19N4+. The normalized spacial score (nSPS) is 18.0. The van der Waals surface area contributed by atoms with E-state index < -0.39 is 0 Å². The van der Waals surface area contributed by atoms with Crippen molar-refractivity contribution in [2.45, 2.75) is 19.3 Å². The van der Waals surface area contributed by atoms with Crippen molar-refractivity contribution in [3.63, 3.8) is 0 Å². The van der Waals surface area contributed by atoms with Crippen molar-refractivity contribution >= 4 is 5.96 Å². The molecule has 1 saturated heterocycles. The van der Waals surface area contributed by atoms with Gasteiger partial charge in [0.15, 0.2) is 0 Å². The van der Waals surface area contributed by atoms with Crippen molar-refractivity contribution < 1.29 is 4.99 Å². The first kappa shape index (κ1) is 9.32. The van der Waals surface area contributed by atoms with Gasteiger partial charge >= 0.3 is 5.96 Å². The highest BCUT2D eigenvalue weighted by Crippen LogP contribution is 2.06. The Kier molecular flexibility index (Phi) is 3.87. The van der Waals surface area contributed by atoms with Gasteiger partial charge in [0.1, 0.15) is 0 Å². The van der Waals surface area contributed by atoms with Gasteiger partial charge in [-0.05, 0) is 32.4 Å². The molecule has 0 radical (unpaired) electrons. The van der Waals surface area contributed by atoms with Crippen LogP contribution in [0.3, 0.4) is 0 Å². The Morgan fingerprint density at radius 2 is 1.92 bits per heavy atom. The zero-order valence-corrected chi connectivity index (χ0v) is 7.55. The first-order chi connectivity index (χ1) is 5.79. The first-order valence-corrected chi connectivity index (χ1v) is 4.63. The second kappa shape index (κ2) is 4.98. The summed E-state index contributed by atoms with van der Waals surface area (Å²) in [5.41, 5.74) is 10.5. The Morgan fingerprint density at radius 1 is 1.25 bits per heavy atom. The monoisotopic (exact) mass is 171 g/mol. The van der Waals surface area contributed by atoms with Crippen molar-refractivity contribution in [2.75, 3.05) is 26.2 Å². The number of nitrogens with one attached hydrogen (secondary N) is 1. The third-order valence-corrected chi connectivity index (χ3v) is 2.18. The van der Waals surface area contributed by atoms with Crippen LogP contribution in [0.5, 0.6) is 0 Å². The summed E-state index contributed by atoms with van der Waals surface area (Å²) in [4.78, 5) is 5.40. The first-order valence-electron chi connectivity index (χ1n) is 4.63. The maximum Gasteiger partial charge on any atom is 0.338 e. The van der Waals surface area contributed by atoms with Crippen LogP contribution in [-0.4, -0.2) is 37.0 Å². The Balaban J connectivity index is 1.98. The number of rotatable bonds is 4. The van der Waals surface area contributed by atoms with Crippen molar-refractivity contribution in [3.05, 3.63) is 0 Å². The fraction of sp³-hybridized carbons (Fsp3) is 0.875. The van der Waals surface area contributed by atoms with E-state index in [-0.39, 0.29) is 0 Å². The second-order valence-corrected chi connectivity index (χ2v) is 3.28. The van der Waals surface area contributed by atoms with Crippen LogP contribution in [-0.2, 0) is 0 Å². The molecule has 4 nitrogen and oxygen atoms in total. The predicted molar refractivity (Wildman–Crippen MR) is 49.5 cm³/mol. The lowest BCUT2D eigenvalue weighted by Crippen LogP contribution is -2.78. The fourth-order valence-corrected chi connectivity index (χ4v) is 1.54. The van der Waals surface area contributed by atoms with Crippen LogP contribution in [0.4, 0.5) is 0 Å². The lowest BCUT2D eigenvalue weighted by Gasteiger charge is -2.12. The maximum absolute atomic E-state index is 5.26. The van der Waals surface area contributed by atoms with E-state index >= 15 is 0 Å². The lowest BCUT2D eigenvalue weighted by atomic mass is 10.4. The van der Waals surface area contributed by atoms with E-state index in [4.69, 9.17) is 11.5 Å². The Morgan fingerprint density at radius 3 is 2.50 bits per heavy atom. The molecule has 0 aromatic carbocycles. The van der Waals surface area contributed by atoms with E-state index in [0.29, 0.717) is 5.96 Å². The van der Waals surface area contributed by atoms with Gasteiger partial charge in [-0.1, -0.05) is 0 Å². The number of hydrogen-bond acceptors (Lipinski definition) is 1. The predicted octanol–water partition coefficient (Wildman–Crippen LogP) is -2.17. The zero-order chi connectivity index (χ0) is 8.81. The van der Waals surface area contributed by atoms with E-state index in [1.165, 1.54) is 32.5 Å². The highest BCUT2D eigenvalue weighted by Gasteiger charge is 2.09. The topological polar surface area (TPSA) is 69.2 Å². The van der Waals surface area contributed by atoms with Gasteiger partial charge in [-0.25, -0.2) is 0 Å². The van der Waals surface area contributed by atoms with Crippen molar-refractivity contribution in [1.29, 1.82) is 0 Å². The SMILES string of the molecule is NC(N)=[NH+]CCCN1CCCC1. The molecule has 12 heavy (non-hydrogen) atoms. The zero-order valence-electron chi connectivity index (χ0n) is 7.55. The van der Waals surface area contributed by atoms with Gasteiger partial charge in [0.2, 0.25) is 0 Å². The van der Waals surface area contributed by atoms with E-state index in [1.54, 1.807) is 0 Å². The van der Waals surface area contributed by atoms with E-state index in [9.17, 15) is 0 Å². The molecule has 1 rings (SSSR count). The number of nitrogens with zero attached hydrogens (tertiary/aromatic N) is 1. The Hall–Kier alpha value is -0.770. The minimum absolute atomic E-state index is 0.330. The van der Waals surface area contributed by atoms with Crippen molar-refractivity contribution in [1.82, 2.24) is 4.90 Å². The van der Waals surface area contributed by atoms with Gasteiger partial charge in [0.05, 0.1) is 6.54 Å². The molecule has 1 aliphatic heterocycles. The standard InChI is InChI=1S/C8H18N4/c9-8(10)11-4-3-7-12-5-1-2-6-12/h1-7H2,(H4,9,10,11)/p+1. The van der Waals surface area contributed by atoms with Gasteiger partial charge in [0.25, 0.3) is 0 Å². The molecule has 0 aromatic rings. The molecule has 0 unspecified atom stereocenters. The van der Waals surface area contributed by atoms with Gasteiger partial charge in [-0.15, -0.1) is 0 Å². The van der Waals surface area contributed by atoms with Gasteiger partial charge in [0, 0.05) is 6.54 Å². The summed E-state index contributed by atoms with van der Waals surface area (Å²) in [6.07, 6.45) is 3.84. The van der Waals surface area contributed by atoms with Gasteiger partial charge < -0.3 is 4.90 Å². The summed E-state index contributed by atoms with van der Waals surface area (Å²) in [6, 6.07) is 0. The highest BCUT2D eigenvalue weighted by molar-refractivity contribution is 5.69. The summed E-state index contributed by atoms with van der Waals surface area (Å²) >= 11 is 0. The second-order valence-electron chi connectivity index (χ2n) is 3.28. The molecule has 1 fully saturated rings. The van der Waals surface area contributed by atoms with Crippen LogP contribution in [0.25, 0.3) is 0 Å². The van der Waals surface area contributed by atoms with Crippen LogP contribution in [0.1, 0.15) is 19.3 Å². The van der Waals surface area contributed by atoms with Crippen molar-refractivity contribution in [3.8, 4) is 0 Å². The van der Waals surface area contributed by atoms with Crippen LogP contribution >= 0.6 is 0 Å². The molecule has 0 saturated carbocycles. The summed E-state index contributed by atoms with van der Waals surface area (Å²) in [7, 11) is 0. The van der Waals surface area contributed by atoms with Crippen molar-refractivity contribution in [2.24, 2.45) is 11.5 Å².